The van der Waals surface area contributed by atoms with E-state index in [-0.39, 0.29) is 18.0 Å². The molecular formula is C20H28N4O3. The molecule has 3 N–H and O–H groups in total. The lowest BCUT2D eigenvalue weighted by molar-refractivity contribution is 0.0486. The van der Waals surface area contributed by atoms with Crippen LogP contribution in [0.5, 0.6) is 0 Å². The molecule has 1 fully saturated rings. The van der Waals surface area contributed by atoms with Gasteiger partial charge in [-0.2, -0.15) is 5.10 Å². The van der Waals surface area contributed by atoms with Gasteiger partial charge in [0.05, 0.1) is 23.3 Å². The van der Waals surface area contributed by atoms with E-state index in [1.807, 2.05) is 32.9 Å². The van der Waals surface area contributed by atoms with Gasteiger partial charge in [0, 0.05) is 11.4 Å². The number of carbonyl (C=O) groups is 2. The second-order valence-corrected chi connectivity index (χ2v) is 8.11. The highest BCUT2D eigenvalue weighted by Crippen LogP contribution is 2.21. The first-order valence-corrected chi connectivity index (χ1v) is 9.56. The number of nitrogens with zero attached hydrogens (tertiary/aromatic N) is 1. The lowest BCUT2D eigenvalue weighted by Crippen LogP contribution is -2.52. The zero-order chi connectivity index (χ0) is 19.4. The molecule has 1 heterocycles. The van der Waals surface area contributed by atoms with Crippen LogP contribution in [0, 0.1) is 0 Å². The van der Waals surface area contributed by atoms with Gasteiger partial charge in [-0.15, -0.1) is 0 Å². The highest BCUT2D eigenvalue weighted by Gasteiger charge is 2.29. The van der Waals surface area contributed by atoms with Crippen LogP contribution in [0.15, 0.2) is 24.4 Å². The van der Waals surface area contributed by atoms with Crippen LogP contribution in [0.2, 0.25) is 0 Å². The third-order valence-corrected chi connectivity index (χ3v) is 4.76. The van der Waals surface area contributed by atoms with Crippen LogP contribution in [0.4, 0.5) is 4.79 Å². The number of H-pyrrole nitrogens is 1. The van der Waals surface area contributed by atoms with Gasteiger partial charge in [0.25, 0.3) is 5.91 Å². The van der Waals surface area contributed by atoms with Crippen LogP contribution in [0.3, 0.4) is 0 Å². The molecule has 0 radical (unpaired) electrons. The molecule has 146 valence electrons. The minimum atomic E-state index is -0.551. The number of rotatable bonds is 3. The van der Waals surface area contributed by atoms with Crippen molar-refractivity contribution in [2.45, 2.75) is 70.6 Å². The van der Waals surface area contributed by atoms with E-state index >= 15 is 0 Å². The molecule has 1 aromatic heterocycles. The zero-order valence-corrected chi connectivity index (χ0v) is 16.2. The number of benzene rings is 1. The second kappa shape index (κ2) is 7.98. The summed E-state index contributed by atoms with van der Waals surface area (Å²) in [6.45, 7) is 5.51. The number of hydrogen-bond acceptors (Lipinski definition) is 4. The minimum Gasteiger partial charge on any atom is -0.444 e. The van der Waals surface area contributed by atoms with Gasteiger partial charge in [0.15, 0.2) is 0 Å². The number of ether oxygens (including phenoxy) is 1. The molecule has 0 spiro atoms. The van der Waals surface area contributed by atoms with E-state index in [0.717, 1.165) is 43.0 Å². The summed E-state index contributed by atoms with van der Waals surface area (Å²) in [5.41, 5.74) is 0.860. The average Bonchev–Trinajstić information content (AvgIpc) is 2.96. The predicted molar refractivity (Wildman–Crippen MR) is 104 cm³/mol. The third kappa shape index (κ3) is 4.99. The molecule has 27 heavy (non-hydrogen) atoms. The van der Waals surface area contributed by atoms with E-state index in [9.17, 15) is 9.59 Å². The smallest absolute Gasteiger partial charge is 0.407 e. The van der Waals surface area contributed by atoms with Crippen molar-refractivity contribution >= 4 is 22.9 Å². The van der Waals surface area contributed by atoms with Crippen molar-refractivity contribution in [3.05, 3.63) is 30.0 Å². The van der Waals surface area contributed by atoms with Gasteiger partial charge in [0.1, 0.15) is 5.60 Å². The number of amides is 2. The lowest BCUT2D eigenvalue weighted by Gasteiger charge is -2.28. The standard InChI is InChI=1S/C20H28N4O3/c1-20(2,3)27-19(26)23-17-10-6-4-5-9-16(17)22-18(25)13-8-7-11-15-14(13)12-21-24-15/h7-8,11-12,16-17H,4-6,9-10H2,1-3H3,(H,21,24)(H,22,25)(H,23,26)/t16-,17-/m1/s1. The number of carbonyl (C=O) groups excluding carboxylic acids is 2. The summed E-state index contributed by atoms with van der Waals surface area (Å²) in [7, 11) is 0. The molecule has 1 aliphatic carbocycles. The lowest BCUT2D eigenvalue weighted by atomic mass is 10.0. The number of aromatic amines is 1. The largest absolute Gasteiger partial charge is 0.444 e. The Balaban J connectivity index is 1.72. The van der Waals surface area contributed by atoms with E-state index in [1.165, 1.54) is 0 Å². The predicted octanol–water partition coefficient (Wildman–Crippen LogP) is 3.52. The van der Waals surface area contributed by atoms with Gasteiger partial charge >= 0.3 is 6.09 Å². The van der Waals surface area contributed by atoms with Crippen LogP contribution in [-0.4, -0.2) is 39.9 Å². The van der Waals surface area contributed by atoms with Gasteiger partial charge in [-0.1, -0.05) is 25.3 Å². The normalized spacial score (nSPS) is 20.7. The van der Waals surface area contributed by atoms with Crippen molar-refractivity contribution in [1.82, 2.24) is 20.8 Å². The molecule has 0 saturated heterocycles. The van der Waals surface area contributed by atoms with Crippen molar-refractivity contribution in [2.75, 3.05) is 0 Å². The summed E-state index contributed by atoms with van der Waals surface area (Å²) in [6.07, 6.45) is 6.00. The zero-order valence-electron chi connectivity index (χ0n) is 16.2. The van der Waals surface area contributed by atoms with Crippen LogP contribution in [0.25, 0.3) is 10.9 Å². The maximum atomic E-state index is 12.9. The van der Waals surface area contributed by atoms with Crippen molar-refractivity contribution in [3.63, 3.8) is 0 Å². The summed E-state index contributed by atoms with van der Waals surface area (Å²) in [5, 5.41) is 13.8. The number of aromatic nitrogens is 2. The molecule has 1 aliphatic rings. The quantitative estimate of drug-likeness (QED) is 0.718. The van der Waals surface area contributed by atoms with Gasteiger partial charge in [0.2, 0.25) is 0 Å². The Morgan fingerprint density at radius 2 is 1.81 bits per heavy atom. The fraction of sp³-hybridized carbons (Fsp3) is 0.550. The van der Waals surface area contributed by atoms with E-state index in [4.69, 9.17) is 4.74 Å². The van der Waals surface area contributed by atoms with Gasteiger partial charge < -0.3 is 15.4 Å². The highest BCUT2D eigenvalue weighted by atomic mass is 16.6. The van der Waals surface area contributed by atoms with E-state index in [1.54, 1.807) is 12.3 Å². The highest BCUT2D eigenvalue weighted by molar-refractivity contribution is 6.06. The first-order chi connectivity index (χ1) is 12.8. The van der Waals surface area contributed by atoms with Crippen molar-refractivity contribution in [1.29, 1.82) is 0 Å². The minimum absolute atomic E-state index is 0.130. The Hall–Kier alpha value is -2.57. The van der Waals surface area contributed by atoms with Crippen LogP contribution in [0.1, 0.15) is 63.2 Å². The summed E-state index contributed by atoms with van der Waals surface area (Å²) in [5.74, 6) is -0.148. The molecule has 2 aromatic rings. The van der Waals surface area contributed by atoms with Gasteiger partial charge in [-0.25, -0.2) is 4.79 Å². The van der Waals surface area contributed by atoms with E-state index < -0.39 is 11.7 Å². The number of alkyl carbamates (subject to hydrolysis) is 1. The van der Waals surface area contributed by atoms with E-state index in [2.05, 4.69) is 20.8 Å². The molecule has 3 rings (SSSR count). The maximum absolute atomic E-state index is 12.9. The number of hydrogen-bond donors (Lipinski definition) is 3. The Kier molecular flexibility index (Phi) is 5.68. The topological polar surface area (TPSA) is 96.1 Å². The molecule has 7 nitrogen and oxygen atoms in total. The molecule has 0 unspecified atom stereocenters. The fourth-order valence-corrected chi connectivity index (χ4v) is 3.52. The van der Waals surface area contributed by atoms with Crippen LogP contribution < -0.4 is 10.6 Å². The Bertz CT molecular complexity index is 809. The molecule has 0 aliphatic heterocycles. The van der Waals surface area contributed by atoms with E-state index in [0.29, 0.717) is 5.56 Å². The summed E-state index contributed by atoms with van der Waals surface area (Å²) in [6, 6.07) is 5.24. The van der Waals surface area contributed by atoms with Gasteiger partial charge in [-0.05, 0) is 45.7 Å². The molecule has 2 atom stereocenters. The molecule has 1 saturated carbocycles. The van der Waals surface area contributed by atoms with Crippen LogP contribution in [-0.2, 0) is 4.74 Å². The SMILES string of the molecule is CC(C)(C)OC(=O)N[C@@H]1CCCCC[C@H]1NC(=O)c1cccc2[nH]ncc12. The summed E-state index contributed by atoms with van der Waals surface area (Å²) in [4.78, 5) is 25.1. The van der Waals surface area contributed by atoms with Crippen molar-refractivity contribution in [2.24, 2.45) is 0 Å². The molecule has 7 heteroatoms. The molecule has 0 bridgehead atoms. The fourth-order valence-electron chi connectivity index (χ4n) is 3.52. The summed E-state index contributed by atoms with van der Waals surface area (Å²) < 4.78 is 5.39. The third-order valence-electron chi connectivity index (χ3n) is 4.76. The van der Waals surface area contributed by atoms with Crippen LogP contribution >= 0.6 is 0 Å². The second-order valence-electron chi connectivity index (χ2n) is 8.11. The monoisotopic (exact) mass is 372 g/mol. The Morgan fingerprint density at radius 3 is 2.52 bits per heavy atom. The Labute approximate surface area is 159 Å². The number of nitrogens with one attached hydrogen (secondary N) is 3. The maximum Gasteiger partial charge on any atom is 0.407 e. The first-order valence-electron chi connectivity index (χ1n) is 9.56. The van der Waals surface area contributed by atoms with Gasteiger partial charge in [-0.3, -0.25) is 9.89 Å². The molecule has 2 amide bonds. The first kappa shape index (κ1) is 19.2. The van der Waals surface area contributed by atoms with Crippen molar-refractivity contribution < 1.29 is 14.3 Å². The molecular weight excluding hydrogens is 344 g/mol. The molecule has 1 aromatic carbocycles. The summed E-state index contributed by atoms with van der Waals surface area (Å²) >= 11 is 0. The van der Waals surface area contributed by atoms with Crippen molar-refractivity contribution in [3.8, 4) is 0 Å². The number of fused-ring (bicyclic) bond motifs is 1. The average molecular weight is 372 g/mol. The Morgan fingerprint density at radius 1 is 1.11 bits per heavy atom.